The van der Waals surface area contributed by atoms with Crippen molar-refractivity contribution in [2.75, 3.05) is 13.1 Å². The zero-order valence-electron chi connectivity index (χ0n) is 8.52. The van der Waals surface area contributed by atoms with Crippen molar-refractivity contribution >= 4 is 0 Å². The molecule has 2 heteroatoms. The minimum atomic E-state index is 0.0837. The zero-order valence-corrected chi connectivity index (χ0v) is 8.52. The molecule has 0 saturated carbocycles. The summed E-state index contributed by atoms with van der Waals surface area (Å²) in [5, 5.41) is 0. The van der Waals surface area contributed by atoms with Crippen LogP contribution >= 0.6 is 0 Å². The van der Waals surface area contributed by atoms with Crippen LogP contribution in [0.1, 0.15) is 33.1 Å². The number of hydrogen-bond donors (Lipinski definition) is 0. The molecule has 0 aromatic heterocycles. The maximum Gasteiger partial charge on any atom is 0.112 e. The van der Waals surface area contributed by atoms with Gasteiger partial charge in [0.25, 0.3) is 0 Å². The Bertz CT molecular complexity index is 234. The first-order valence-electron chi connectivity index (χ1n) is 5.25. The molecule has 0 aromatic rings. The molecule has 1 saturated heterocycles. The van der Waals surface area contributed by atoms with Crippen molar-refractivity contribution in [3.63, 3.8) is 0 Å². The molecule has 1 unspecified atom stereocenters. The van der Waals surface area contributed by atoms with Crippen LogP contribution in [-0.2, 0) is 0 Å². The fraction of sp³-hybridized carbons (Fsp3) is 0.818. The maximum absolute atomic E-state index is 13.2. The first-order valence-corrected chi connectivity index (χ1v) is 5.25. The van der Waals surface area contributed by atoms with E-state index in [1.54, 1.807) is 0 Å². The Kier molecular flexibility index (Phi) is 2.18. The number of halogens is 1. The third-order valence-electron chi connectivity index (χ3n) is 3.20. The van der Waals surface area contributed by atoms with E-state index < -0.39 is 0 Å². The minimum Gasteiger partial charge on any atom is -0.288 e. The molecule has 74 valence electrons. The van der Waals surface area contributed by atoms with E-state index in [9.17, 15) is 4.39 Å². The molecule has 2 aliphatic rings. The number of rotatable bonds is 2. The largest absolute Gasteiger partial charge is 0.288 e. The maximum atomic E-state index is 13.2. The summed E-state index contributed by atoms with van der Waals surface area (Å²) >= 11 is 0. The highest BCUT2D eigenvalue weighted by Crippen LogP contribution is 2.41. The van der Waals surface area contributed by atoms with Crippen LogP contribution in [0.2, 0.25) is 0 Å². The van der Waals surface area contributed by atoms with Gasteiger partial charge in [-0.15, -0.1) is 0 Å². The van der Waals surface area contributed by atoms with Crippen LogP contribution < -0.4 is 0 Å². The van der Waals surface area contributed by atoms with Gasteiger partial charge < -0.3 is 0 Å². The molecule has 0 aromatic carbocycles. The standard InChI is InChI=1S/C11H18FN/c1-9(2)6-11-4-3-5-13(11)8-10(12)7-11/h7,9H,3-6,8H2,1-2H3. The lowest BCUT2D eigenvalue weighted by molar-refractivity contribution is 0.188. The van der Waals surface area contributed by atoms with Gasteiger partial charge in [0.1, 0.15) is 5.83 Å². The smallest absolute Gasteiger partial charge is 0.112 e. The van der Waals surface area contributed by atoms with Gasteiger partial charge in [0.05, 0.1) is 6.54 Å². The second kappa shape index (κ2) is 3.09. The predicted octanol–water partition coefficient (Wildman–Crippen LogP) is 2.73. The molecule has 1 nitrogen and oxygen atoms in total. The predicted molar refractivity (Wildman–Crippen MR) is 52.2 cm³/mol. The van der Waals surface area contributed by atoms with Crippen LogP contribution in [0, 0.1) is 5.92 Å². The van der Waals surface area contributed by atoms with Gasteiger partial charge in [-0.3, -0.25) is 4.90 Å². The summed E-state index contributed by atoms with van der Waals surface area (Å²) in [7, 11) is 0. The summed E-state index contributed by atoms with van der Waals surface area (Å²) in [4.78, 5) is 2.31. The molecule has 2 rings (SSSR count). The molecule has 2 aliphatic heterocycles. The van der Waals surface area contributed by atoms with Gasteiger partial charge in [0.2, 0.25) is 0 Å². The second-order valence-corrected chi connectivity index (χ2v) is 4.82. The molecule has 0 radical (unpaired) electrons. The third-order valence-corrected chi connectivity index (χ3v) is 3.20. The van der Waals surface area contributed by atoms with E-state index in [2.05, 4.69) is 18.7 Å². The molecule has 1 fully saturated rings. The monoisotopic (exact) mass is 183 g/mol. The van der Waals surface area contributed by atoms with E-state index in [1.807, 2.05) is 6.08 Å². The van der Waals surface area contributed by atoms with Crippen molar-refractivity contribution < 1.29 is 4.39 Å². The minimum absolute atomic E-state index is 0.0837. The molecule has 0 spiro atoms. The van der Waals surface area contributed by atoms with Crippen LogP contribution in [0.5, 0.6) is 0 Å². The fourth-order valence-electron chi connectivity index (χ4n) is 2.87. The quantitative estimate of drug-likeness (QED) is 0.636. The highest BCUT2D eigenvalue weighted by atomic mass is 19.1. The molecular formula is C11H18FN. The van der Waals surface area contributed by atoms with Gasteiger partial charge >= 0.3 is 0 Å². The molecular weight excluding hydrogens is 165 g/mol. The van der Waals surface area contributed by atoms with E-state index in [0.29, 0.717) is 12.5 Å². The lowest BCUT2D eigenvalue weighted by atomic mass is 9.87. The Morgan fingerprint density at radius 1 is 1.62 bits per heavy atom. The number of fused-ring (bicyclic) bond motifs is 1. The van der Waals surface area contributed by atoms with E-state index in [-0.39, 0.29) is 11.4 Å². The van der Waals surface area contributed by atoms with Crippen molar-refractivity contribution in [1.29, 1.82) is 0 Å². The van der Waals surface area contributed by atoms with Crippen LogP contribution in [0.15, 0.2) is 11.9 Å². The molecule has 13 heavy (non-hydrogen) atoms. The Hall–Kier alpha value is -0.370. The Morgan fingerprint density at radius 2 is 2.38 bits per heavy atom. The SMILES string of the molecule is CC(C)CC12C=C(F)CN1CCC2. The molecule has 0 amide bonds. The van der Waals surface area contributed by atoms with Crippen molar-refractivity contribution in [3.05, 3.63) is 11.9 Å². The van der Waals surface area contributed by atoms with E-state index >= 15 is 0 Å². The Balaban J connectivity index is 2.17. The first kappa shape index (κ1) is 9.20. The summed E-state index contributed by atoms with van der Waals surface area (Å²) < 4.78 is 13.2. The molecule has 0 aliphatic carbocycles. The van der Waals surface area contributed by atoms with Crippen LogP contribution in [-0.4, -0.2) is 23.5 Å². The Morgan fingerprint density at radius 3 is 3.08 bits per heavy atom. The summed E-state index contributed by atoms with van der Waals surface area (Å²) in [6.45, 7) is 6.08. The summed E-state index contributed by atoms with van der Waals surface area (Å²) in [6, 6.07) is 0. The summed E-state index contributed by atoms with van der Waals surface area (Å²) in [6.07, 6.45) is 5.37. The van der Waals surface area contributed by atoms with Gasteiger partial charge in [-0.1, -0.05) is 13.8 Å². The molecule has 1 atom stereocenters. The highest BCUT2D eigenvalue weighted by Gasteiger charge is 2.43. The normalized spacial score (nSPS) is 34.0. The van der Waals surface area contributed by atoms with Crippen LogP contribution in [0.4, 0.5) is 4.39 Å². The van der Waals surface area contributed by atoms with Gasteiger partial charge in [0.15, 0.2) is 0 Å². The second-order valence-electron chi connectivity index (χ2n) is 4.82. The van der Waals surface area contributed by atoms with Crippen LogP contribution in [0.25, 0.3) is 0 Å². The first-order chi connectivity index (χ1) is 6.12. The van der Waals surface area contributed by atoms with Gasteiger partial charge in [-0.25, -0.2) is 4.39 Å². The molecule has 0 N–H and O–H groups in total. The van der Waals surface area contributed by atoms with E-state index in [0.717, 1.165) is 19.4 Å². The zero-order chi connectivity index (χ0) is 9.47. The summed E-state index contributed by atoms with van der Waals surface area (Å²) in [5.74, 6) is 0.739. The van der Waals surface area contributed by atoms with Gasteiger partial charge in [-0.05, 0) is 37.8 Å². The molecule has 0 bridgehead atoms. The van der Waals surface area contributed by atoms with Gasteiger partial charge in [0, 0.05) is 5.54 Å². The third kappa shape index (κ3) is 1.52. The summed E-state index contributed by atoms with van der Waals surface area (Å²) in [5.41, 5.74) is 0.0955. The van der Waals surface area contributed by atoms with Crippen molar-refractivity contribution in [1.82, 2.24) is 4.90 Å². The van der Waals surface area contributed by atoms with E-state index in [4.69, 9.17) is 0 Å². The lowest BCUT2D eigenvalue weighted by Crippen LogP contribution is -2.39. The highest BCUT2D eigenvalue weighted by molar-refractivity contribution is 5.21. The van der Waals surface area contributed by atoms with Crippen molar-refractivity contribution in [2.45, 2.75) is 38.6 Å². The topological polar surface area (TPSA) is 3.24 Å². The Labute approximate surface area is 79.6 Å². The fourth-order valence-corrected chi connectivity index (χ4v) is 2.87. The van der Waals surface area contributed by atoms with E-state index in [1.165, 1.54) is 6.42 Å². The lowest BCUT2D eigenvalue weighted by Gasteiger charge is -2.32. The van der Waals surface area contributed by atoms with Crippen molar-refractivity contribution in [2.24, 2.45) is 5.92 Å². The van der Waals surface area contributed by atoms with Crippen molar-refractivity contribution in [3.8, 4) is 0 Å². The molecule has 2 heterocycles. The van der Waals surface area contributed by atoms with Crippen LogP contribution in [0.3, 0.4) is 0 Å². The number of hydrogen-bond acceptors (Lipinski definition) is 1. The number of nitrogens with zero attached hydrogens (tertiary/aromatic N) is 1. The average Bonchev–Trinajstić information content (AvgIpc) is 2.40. The average molecular weight is 183 g/mol. The van der Waals surface area contributed by atoms with Gasteiger partial charge in [-0.2, -0.15) is 0 Å².